The molecule has 156 valence electrons. The fourth-order valence-electron chi connectivity index (χ4n) is 5.20. The number of halogens is 1. The van der Waals surface area contributed by atoms with Gasteiger partial charge in [0.25, 0.3) is 0 Å². The molecule has 6 heteroatoms. The lowest BCUT2D eigenvalue weighted by molar-refractivity contribution is -0.135. The average molecular weight is 399 g/mol. The van der Waals surface area contributed by atoms with Gasteiger partial charge in [-0.2, -0.15) is 5.10 Å². The normalized spacial score (nSPS) is 26.6. The molecule has 3 heterocycles. The van der Waals surface area contributed by atoms with E-state index in [-0.39, 0.29) is 29.7 Å². The van der Waals surface area contributed by atoms with Crippen LogP contribution in [0.2, 0.25) is 0 Å². The Balaban J connectivity index is 1.62. The summed E-state index contributed by atoms with van der Waals surface area (Å²) in [6.45, 7) is 3.68. The van der Waals surface area contributed by atoms with Gasteiger partial charge in [-0.1, -0.05) is 25.0 Å². The predicted molar refractivity (Wildman–Crippen MR) is 111 cm³/mol. The number of nitrogens with zero attached hydrogens (tertiary/aromatic N) is 4. The molecule has 0 unspecified atom stereocenters. The number of aromatic nitrogens is 2. The molecular weight excluding hydrogens is 367 g/mol. The summed E-state index contributed by atoms with van der Waals surface area (Å²) in [7, 11) is 2.15. The maximum atomic E-state index is 14.0. The van der Waals surface area contributed by atoms with Gasteiger partial charge < -0.3 is 9.80 Å². The number of rotatable bonds is 4. The van der Waals surface area contributed by atoms with Crippen molar-refractivity contribution in [1.29, 1.82) is 0 Å². The van der Waals surface area contributed by atoms with E-state index in [0.29, 0.717) is 12.5 Å². The molecule has 2 saturated heterocycles. The molecule has 4 rings (SSSR count). The average Bonchev–Trinajstić information content (AvgIpc) is 3.30. The molecule has 4 atom stereocenters. The van der Waals surface area contributed by atoms with E-state index in [1.165, 1.54) is 12.5 Å². The molecule has 0 spiro atoms. The number of hydrogen-bond donors (Lipinski definition) is 0. The van der Waals surface area contributed by atoms with Crippen LogP contribution in [0.5, 0.6) is 0 Å². The molecule has 1 amide bonds. The monoisotopic (exact) mass is 398 g/mol. The third-order valence-electron chi connectivity index (χ3n) is 6.66. The predicted octanol–water partition coefficient (Wildman–Crippen LogP) is 3.84. The molecule has 0 aliphatic carbocycles. The van der Waals surface area contributed by atoms with Crippen molar-refractivity contribution in [2.45, 2.75) is 63.1 Å². The summed E-state index contributed by atoms with van der Waals surface area (Å²) in [6, 6.07) is 9.27. The Bertz CT molecular complexity index is 824. The standard InChI is InChI=1S/C23H31FN4O/c1-17(28-13-7-11-25-28)14-22(29)27-12-5-3-4-10-21-23(27)20(16-26(21)2)18-8-6-9-19(24)15-18/h6-9,11,13,15,17,20-21,23H,3-5,10,12,14,16H2,1-2H3/t17-,20+,21-,23+/m1/s1. The number of benzene rings is 1. The zero-order chi connectivity index (χ0) is 20.4. The van der Waals surface area contributed by atoms with Crippen LogP contribution in [-0.2, 0) is 4.79 Å². The lowest BCUT2D eigenvalue weighted by Gasteiger charge is -2.39. The second-order valence-electron chi connectivity index (χ2n) is 8.63. The third kappa shape index (κ3) is 4.22. The Morgan fingerprint density at radius 1 is 1.28 bits per heavy atom. The Morgan fingerprint density at radius 3 is 2.90 bits per heavy atom. The molecule has 0 radical (unpaired) electrons. The Labute approximate surface area is 172 Å². The lowest BCUT2D eigenvalue weighted by Crippen LogP contribution is -2.50. The second kappa shape index (κ2) is 8.66. The summed E-state index contributed by atoms with van der Waals surface area (Å²) in [4.78, 5) is 17.9. The van der Waals surface area contributed by atoms with Gasteiger partial charge in [0.15, 0.2) is 0 Å². The van der Waals surface area contributed by atoms with Gasteiger partial charge in [-0.15, -0.1) is 0 Å². The summed E-state index contributed by atoms with van der Waals surface area (Å²) in [5, 5.41) is 4.29. The fraction of sp³-hybridized carbons (Fsp3) is 0.565. The highest BCUT2D eigenvalue weighted by molar-refractivity contribution is 5.77. The number of carbonyl (C=O) groups excluding carboxylic acids is 1. The number of carbonyl (C=O) groups is 1. The van der Waals surface area contributed by atoms with Crippen LogP contribution in [0, 0.1) is 5.82 Å². The van der Waals surface area contributed by atoms with Crippen molar-refractivity contribution in [3.63, 3.8) is 0 Å². The van der Waals surface area contributed by atoms with E-state index < -0.39 is 0 Å². The number of likely N-dealkylation sites (N-methyl/N-ethyl adjacent to an activating group) is 1. The minimum absolute atomic E-state index is 0.0214. The van der Waals surface area contributed by atoms with Crippen LogP contribution in [0.25, 0.3) is 0 Å². The molecule has 0 bridgehead atoms. The Morgan fingerprint density at radius 2 is 2.14 bits per heavy atom. The van der Waals surface area contributed by atoms with Gasteiger partial charge in [-0.25, -0.2) is 4.39 Å². The lowest BCUT2D eigenvalue weighted by atomic mass is 9.86. The van der Waals surface area contributed by atoms with Crippen molar-refractivity contribution < 1.29 is 9.18 Å². The van der Waals surface area contributed by atoms with Crippen LogP contribution in [0.15, 0.2) is 42.7 Å². The van der Waals surface area contributed by atoms with Crippen LogP contribution >= 0.6 is 0 Å². The smallest absolute Gasteiger partial charge is 0.225 e. The molecule has 5 nitrogen and oxygen atoms in total. The number of likely N-dealkylation sites (tertiary alicyclic amines) is 2. The zero-order valence-electron chi connectivity index (χ0n) is 17.4. The van der Waals surface area contributed by atoms with Crippen molar-refractivity contribution in [2.24, 2.45) is 0 Å². The SMILES string of the molecule is C[C@H](CC(=O)N1CCCCC[C@@H]2[C@@H]1[C@H](c1cccc(F)c1)CN2C)n1cccn1. The van der Waals surface area contributed by atoms with Crippen LogP contribution in [0.3, 0.4) is 0 Å². The molecule has 2 aliphatic rings. The van der Waals surface area contributed by atoms with Gasteiger partial charge in [0.2, 0.25) is 5.91 Å². The van der Waals surface area contributed by atoms with Crippen molar-refractivity contribution in [1.82, 2.24) is 19.6 Å². The Hall–Kier alpha value is -2.21. The molecule has 1 aromatic carbocycles. The number of hydrogen-bond acceptors (Lipinski definition) is 3. The van der Waals surface area contributed by atoms with Crippen molar-refractivity contribution in [3.05, 3.63) is 54.1 Å². The van der Waals surface area contributed by atoms with Crippen LogP contribution < -0.4 is 0 Å². The quantitative estimate of drug-likeness (QED) is 0.786. The minimum atomic E-state index is -0.204. The fourth-order valence-corrected chi connectivity index (χ4v) is 5.20. The van der Waals surface area contributed by atoms with E-state index in [0.717, 1.165) is 37.9 Å². The molecular formula is C23H31FN4O. The second-order valence-corrected chi connectivity index (χ2v) is 8.63. The summed E-state index contributed by atoms with van der Waals surface area (Å²) in [5.41, 5.74) is 1.00. The topological polar surface area (TPSA) is 41.4 Å². The van der Waals surface area contributed by atoms with Gasteiger partial charge in [0, 0.05) is 43.9 Å². The maximum Gasteiger partial charge on any atom is 0.225 e. The van der Waals surface area contributed by atoms with Crippen LogP contribution in [0.1, 0.15) is 56.6 Å². The highest BCUT2D eigenvalue weighted by atomic mass is 19.1. The summed E-state index contributed by atoms with van der Waals surface area (Å²) in [5.74, 6) is 0.119. The van der Waals surface area contributed by atoms with E-state index in [4.69, 9.17) is 0 Å². The van der Waals surface area contributed by atoms with E-state index in [9.17, 15) is 9.18 Å². The van der Waals surface area contributed by atoms with Crippen LogP contribution in [-0.4, -0.2) is 57.7 Å². The first kappa shape index (κ1) is 20.1. The first-order valence-corrected chi connectivity index (χ1v) is 10.8. The first-order valence-electron chi connectivity index (χ1n) is 10.8. The molecule has 1 aromatic heterocycles. The summed E-state index contributed by atoms with van der Waals surface area (Å²) < 4.78 is 15.8. The number of amides is 1. The molecule has 0 N–H and O–H groups in total. The van der Waals surface area contributed by atoms with E-state index in [1.54, 1.807) is 18.3 Å². The van der Waals surface area contributed by atoms with Crippen molar-refractivity contribution >= 4 is 5.91 Å². The van der Waals surface area contributed by atoms with Gasteiger partial charge in [0.1, 0.15) is 5.82 Å². The van der Waals surface area contributed by atoms with Gasteiger partial charge >= 0.3 is 0 Å². The number of fused-ring (bicyclic) bond motifs is 1. The van der Waals surface area contributed by atoms with Gasteiger partial charge in [-0.05, 0) is 50.6 Å². The third-order valence-corrected chi connectivity index (χ3v) is 6.66. The highest BCUT2D eigenvalue weighted by Crippen LogP contribution is 2.39. The van der Waals surface area contributed by atoms with Crippen LogP contribution in [0.4, 0.5) is 4.39 Å². The van der Waals surface area contributed by atoms with Crippen molar-refractivity contribution in [3.8, 4) is 0 Å². The summed E-state index contributed by atoms with van der Waals surface area (Å²) in [6.07, 6.45) is 8.56. The largest absolute Gasteiger partial charge is 0.337 e. The van der Waals surface area contributed by atoms with Crippen molar-refractivity contribution in [2.75, 3.05) is 20.1 Å². The molecule has 2 aliphatic heterocycles. The van der Waals surface area contributed by atoms with E-state index in [2.05, 4.69) is 21.9 Å². The molecule has 0 saturated carbocycles. The molecule has 2 fully saturated rings. The molecule has 29 heavy (non-hydrogen) atoms. The summed E-state index contributed by atoms with van der Waals surface area (Å²) >= 11 is 0. The van der Waals surface area contributed by atoms with Gasteiger partial charge in [-0.3, -0.25) is 9.48 Å². The first-order chi connectivity index (χ1) is 14.0. The highest BCUT2D eigenvalue weighted by Gasteiger charge is 2.45. The minimum Gasteiger partial charge on any atom is -0.337 e. The van der Waals surface area contributed by atoms with Gasteiger partial charge in [0.05, 0.1) is 12.1 Å². The maximum absolute atomic E-state index is 14.0. The molecule has 2 aromatic rings. The van der Waals surface area contributed by atoms with E-state index in [1.807, 2.05) is 29.9 Å². The van der Waals surface area contributed by atoms with E-state index >= 15 is 0 Å². The zero-order valence-corrected chi connectivity index (χ0v) is 17.4. The Kier molecular flexibility index (Phi) is 5.99.